The second kappa shape index (κ2) is 14.9. The molecule has 2 atom stereocenters. The van der Waals surface area contributed by atoms with Gasteiger partial charge in [0.05, 0.1) is 6.10 Å². The summed E-state index contributed by atoms with van der Waals surface area (Å²) in [7, 11) is 10.4. The van der Waals surface area contributed by atoms with Crippen molar-refractivity contribution in [3.05, 3.63) is 29.3 Å². The van der Waals surface area contributed by atoms with Crippen LogP contribution in [0.25, 0.3) is 0 Å². The molecule has 0 radical (unpaired) electrons. The molecular formula is C23H40Cl2INO. The Kier molecular flexibility index (Phi) is 14.9. The van der Waals surface area contributed by atoms with Crippen molar-refractivity contribution in [2.45, 2.75) is 79.8 Å². The van der Waals surface area contributed by atoms with Gasteiger partial charge in [0.25, 0.3) is 0 Å². The molecular weight excluding hydrogens is 504 g/mol. The van der Waals surface area contributed by atoms with Crippen LogP contribution in [0.5, 0.6) is 5.75 Å². The Labute approximate surface area is 188 Å². The van der Waals surface area contributed by atoms with Crippen molar-refractivity contribution >= 4 is 41.6 Å². The molecule has 0 bridgehead atoms. The van der Waals surface area contributed by atoms with Crippen LogP contribution in [0.2, 0.25) is 0 Å². The van der Waals surface area contributed by atoms with Gasteiger partial charge in [-0.1, -0.05) is 66.0 Å². The van der Waals surface area contributed by atoms with Gasteiger partial charge in [-0.2, -0.15) is 0 Å². The first-order valence-corrected chi connectivity index (χ1v) is 17.9. The first-order chi connectivity index (χ1) is 13.0. The van der Waals surface area contributed by atoms with Crippen molar-refractivity contribution < 1.29 is 4.74 Å². The number of rotatable bonds is 4. The number of para-hydroxylation sites is 1. The van der Waals surface area contributed by atoms with Crippen molar-refractivity contribution in [3.8, 4) is 5.75 Å². The van der Waals surface area contributed by atoms with Crippen LogP contribution in [0.3, 0.4) is 0 Å². The molecule has 1 saturated carbocycles. The molecule has 28 heavy (non-hydrogen) atoms. The van der Waals surface area contributed by atoms with Crippen molar-refractivity contribution in [2.75, 3.05) is 4.93 Å². The molecule has 1 N–H and O–H groups in total. The van der Waals surface area contributed by atoms with E-state index in [1.54, 1.807) is 0 Å². The summed E-state index contributed by atoms with van der Waals surface area (Å²) in [6.07, 6.45) is 5.49. The number of halogens is 3. The van der Waals surface area contributed by atoms with Crippen LogP contribution < -0.4 is 4.74 Å². The number of nitrogens with one attached hydrogen (secondary N) is 1. The van der Waals surface area contributed by atoms with E-state index in [9.17, 15) is 0 Å². The van der Waals surface area contributed by atoms with Gasteiger partial charge < -0.3 is 10.1 Å². The van der Waals surface area contributed by atoms with Crippen molar-refractivity contribution in [1.29, 1.82) is 5.41 Å². The Bertz CT molecular complexity index is 542. The average Bonchev–Trinajstić information content (AvgIpc) is 2.54. The van der Waals surface area contributed by atoms with Crippen LogP contribution in [-0.2, 0) is 0 Å². The molecule has 2 nitrogen and oxygen atoms in total. The quantitative estimate of drug-likeness (QED) is 0.229. The molecule has 0 heterocycles. The monoisotopic (exact) mass is 543 g/mol. The third-order valence-electron chi connectivity index (χ3n) is 4.49. The normalized spacial score (nSPS) is 21.9. The minimum absolute atomic E-state index is 0.143. The van der Waals surface area contributed by atoms with Crippen molar-refractivity contribution in [1.82, 2.24) is 0 Å². The van der Waals surface area contributed by atoms with Gasteiger partial charge in [0.1, 0.15) is 5.75 Å². The predicted octanol–water partition coefficient (Wildman–Crippen LogP) is 9.10. The summed E-state index contributed by atoms with van der Waals surface area (Å²) in [6.45, 7) is 15.3. The van der Waals surface area contributed by atoms with Gasteiger partial charge in [0.2, 0.25) is 0 Å². The summed E-state index contributed by atoms with van der Waals surface area (Å²) in [5.74, 6) is 3.70. The summed E-state index contributed by atoms with van der Waals surface area (Å²) in [6, 6.07) is 6.25. The van der Waals surface area contributed by atoms with Gasteiger partial charge in [0, 0.05) is 11.8 Å². The molecule has 2 rings (SSSR count). The second-order valence-electron chi connectivity index (χ2n) is 8.56. The van der Waals surface area contributed by atoms with Crippen LogP contribution in [-0.4, -0.2) is 17.2 Å². The zero-order chi connectivity index (χ0) is 21.9. The van der Waals surface area contributed by atoms with E-state index < -0.39 is 17.6 Å². The standard InChI is InChI=1S/C18H27NO.C4H10.CH3Cl2I/c1-12(2)20-18-15(11-19)9-6-10-16(18)17-13(3)7-5-8-14(17)4;2*1-4(2)3/h6,9-14,17,19H,5,7-8H2,1-4H3;4H,1-3H3;1H3. The molecule has 1 aliphatic carbocycles. The fourth-order valence-corrected chi connectivity index (χ4v) is 3.62. The van der Waals surface area contributed by atoms with Gasteiger partial charge >= 0.3 is 40.3 Å². The Hall–Kier alpha value is -0.000000000000000111. The molecule has 1 aromatic rings. The van der Waals surface area contributed by atoms with E-state index in [4.69, 9.17) is 28.0 Å². The summed E-state index contributed by atoms with van der Waals surface area (Å²) >= 11 is -1.32. The molecule has 0 amide bonds. The van der Waals surface area contributed by atoms with Crippen LogP contribution in [0, 0.1) is 23.2 Å². The first kappa shape index (κ1) is 28.0. The molecule has 5 heteroatoms. The summed E-state index contributed by atoms with van der Waals surface area (Å²) < 4.78 is 6.07. The van der Waals surface area contributed by atoms with Crippen LogP contribution in [0.4, 0.5) is 0 Å². The predicted molar refractivity (Wildman–Crippen MR) is 137 cm³/mol. The number of hydrogen-bond acceptors (Lipinski definition) is 2. The van der Waals surface area contributed by atoms with E-state index >= 15 is 0 Å². The van der Waals surface area contributed by atoms with E-state index in [0.29, 0.717) is 17.8 Å². The molecule has 0 aliphatic heterocycles. The van der Waals surface area contributed by atoms with Crippen molar-refractivity contribution in [3.63, 3.8) is 0 Å². The fraction of sp³-hybridized carbons (Fsp3) is 0.696. The second-order valence-corrected chi connectivity index (χ2v) is 17.2. The Morgan fingerprint density at radius 2 is 1.54 bits per heavy atom. The SMILES string of the molecule is CC(C)C.CC(C)Oc1c(C=N)cccc1C1C(C)CCCC1C.CI(Cl)Cl. The molecule has 1 fully saturated rings. The molecule has 1 aromatic carbocycles. The van der Waals surface area contributed by atoms with Crippen LogP contribution in [0.15, 0.2) is 18.2 Å². The molecule has 2 unspecified atom stereocenters. The van der Waals surface area contributed by atoms with E-state index in [1.807, 2.05) is 11.0 Å². The van der Waals surface area contributed by atoms with E-state index in [2.05, 4.69) is 60.6 Å². The zero-order valence-electron chi connectivity index (χ0n) is 18.9. The number of ether oxygens (including phenoxy) is 1. The topological polar surface area (TPSA) is 33.1 Å². The zero-order valence-corrected chi connectivity index (χ0v) is 22.5. The maximum atomic E-state index is 7.64. The van der Waals surface area contributed by atoms with E-state index in [1.165, 1.54) is 31.0 Å². The summed E-state index contributed by atoms with van der Waals surface area (Å²) in [5.41, 5.74) is 2.21. The van der Waals surface area contributed by atoms with Gasteiger partial charge in [-0.15, -0.1) is 0 Å². The van der Waals surface area contributed by atoms with Crippen LogP contribution >= 0.6 is 35.4 Å². The molecule has 0 spiro atoms. The minimum atomic E-state index is -1.32. The average molecular weight is 544 g/mol. The van der Waals surface area contributed by atoms with Gasteiger partial charge in [-0.05, 0) is 49.1 Å². The number of benzene rings is 1. The van der Waals surface area contributed by atoms with Crippen molar-refractivity contribution in [2.24, 2.45) is 17.8 Å². The summed E-state index contributed by atoms with van der Waals surface area (Å²) in [4.78, 5) is 1.85. The fourth-order valence-electron chi connectivity index (χ4n) is 3.62. The Balaban J connectivity index is 0.000000776. The number of hydrogen-bond donors (Lipinski definition) is 1. The Morgan fingerprint density at radius 1 is 1.07 bits per heavy atom. The van der Waals surface area contributed by atoms with Gasteiger partial charge in [-0.25, -0.2) is 0 Å². The number of alkyl halides is 1. The maximum absolute atomic E-state index is 7.64. The Morgan fingerprint density at radius 3 is 1.93 bits per heavy atom. The van der Waals surface area contributed by atoms with Crippen LogP contribution in [0.1, 0.15) is 84.8 Å². The molecule has 0 aromatic heterocycles. The summed E-state index contributed by atoms with van der Waals surface area (Å²) in [5, 5.41) is 7.64. The van der Waals surface area contributed by atoms with Gasteiger partial charge in [-0.3, -0.25) is 0 Å². The molecule has 164 valence electrons. The van der Waals surface area contributed by atoms with E-state index in [0.717, 1.165) is 17.2 Å². The first-order valence-electron chi connectivity index (χ1n) is 10.2. The van der Waals surface area contributed by atoms with Gasteiger partial charge in [0.15, 0.2) is 0 Å². The molecule has 0 saturated heterocycles. The third kappa shape index (κ3) is 11.3. The molecule has 1 aliphatic rings. The third-order valence-corrected chi connectivity index (χ3v) is 4.49. The van der Waals surface area contributed by atoms with E-state index in [-0.39, 0.29) is 6.10 Å².